The van der Waals surface area contributed by atoms with E-state index >= 15 is 0 Å². The maximum Gasteiger partial charge on any atom is 0.165 e. The van der Waals surface area contributed by atoms with Gasteiger partial charge in [0, 0.05) is 16.6 Å². The lowest BCUT2D eigenvalue weighted by molar-refractivity contribution is 0.350. The van der Waals surface area contributed by atoms with Gasteiger partial charge < -0.3 is 14.8 Å². The van der Waals surface area contributed by atoms with Crippen molar-refractivity contribution in [2.75, 3.05) is 20.8 Å². The van der Waals surface area contributed by atoms with Crippen molar-refractivity contribution in [1.29, 1.82) is 0 Å². The molecular formula is C12H15BrClNO2. The molecule has 17 heavy (non-hydrogen) atoms. The Bertz CT molecular complexity index is 404. The van der Waals surface area contributed by atoms with E-state index in [1.807, 2.05) is 12.1 Å². The third kappa shape index (κ3) is 4.47. The second-order valence-electron chi connectivity index (χ2n) is 3.11. The largest absolute Gasteiger partial charge is 0.493 e. The number of benzene rings is 1. The van der Waals surface area contributed by atoms with E-state index in [0.717, 1.165) is 15.8 Å². The highest BCUT2D eigenvalue weighted by Crippen LogP contribution is 2.34. The highest BCUT2D eigenvalue weighted by Gasteiger charge is 2.10. The topological polar surface area (TPSA) is 30.5 Å². The van der Waals surface area contributed by atoms with Crippen molar-refractivity contribution in [2.24, 2.45) is 0 Å². The summed E-state index contributed by atoms with van der Waals surface area (Å²) in [4.78, 5) is 0. The number of rotatable bonds is 5. The first-order chi connectivity index (χ1) is 7.72. The summed E-state index contributed by atoms with van der Waals surface area (Å²) < 4.78 is 11.5. The number of terminal acetylenes is 1. The molecule has 0 aliphatic heterocycles. The van der Waals surface area contributed by atoms with Gasteiger partial charge in [-0.25, -0.2) is 0 Å². The van der Waals surface area contributed by atoms with E-state index in [0.29, 0.717) is 18.8 Å². The molecule has 5 heteroatoms. The van der Waals surface area contributed by atoms with Crippen molar-refractivity contribution in [3.8, 4) is 23.8 Å². The number of hydrogen-bond donors (Lipinski definition) is 1. The molecule has 1 N–H and O–H groups in total. The lowest BCUT2D eigenvalue weighted by atomic mass is 10.2. The van der Waals surface area contributed by atoms with Gasteiger partial charge in [-0.3, -0.25) is 0 Å². The SMILES string of the molecule is C#CCNCc1cc(Br)cc(OC)c1OC.Cl. The van der Waals surface area contributed by atoms with Crippen LogP contribution in [0.4, 0.5) is 0 Å². The summed E-state index contributed by atoms with van der Waals surface area (Å²) in [7, 11) is 3.24. The molecule has 1 aromatic rings. The number of nitrogens with one attached hydrogen (secondary N) is 1. The first-order valence-corrected chi connectivity index (χ1v) is 5.56. The van der Waals surface area contributed by atoms with Crippen molar-refractivity contribution in [1.82, 2.24) is 5.32 Å². The minimum Gasteiger partial charge on any atom is -0.493 e. The second kappa shape index (κ2) is 8.24. The third-order valence-electron chi connectivity index (χ3n) is 2.06. The fourth-order valence-electron chi connectivity index (χ4n) is 1.41. The molecule has 94 valence electrons. The van der Waals surface area contributed by atoms with Crippen molar-refractivity contribution in [3.05, 3.63) is 22.2 Å². The van der Waals surface area contributed by atoms with Crippen LogP contribution in [0.5, 0.6) is 11.5 Å². The van der Waals surface area contributed by atoms with Gasteiger partial charge in [-0.1, -0.05) is 21.9 Å². The molecule has 1 aromatic carbocycles. The van der Waals surface area contributed by atoms with Crippen LogP contribution in [0.15, 0.2) is 16.6 Å². The maximum absolute atomic E-state index is 5.32. The predicted octanol–water partition coefficient (Wildman–Crippen LogP) is 2.61. The summed E-state index contributed by atoms with van der Waals surface area (Å²) in [6, 6.07) is 3.84. The highest BCUT2D eigenvalue weighted by molar-refractivity contribution is 9.10. The Labute approximate surface area is 116 Å². The van der Waals surface area contributed by atoms with E-state index < -0.39 is 0 Å². The van der Waals surface area contributed by atoms with Crippen LogP contribution in [0, 0.1) is 12.3 Å². The van der Waals surface area contributed by atoms with Gasteiger partial charge in [0.05, 0.1) is 20.8 Å². The Balaban J connectivity index is 0.00000256. The quantitative estimate of drug-likeness (QED) is 0.668. The first kappa shape index (κ1) is 16.1. The zero-order valence-electron chi connectivity index (χ0n) is 9.75. The molecule has 1 rings (SSSR count). The van der Waals surface area contributed by atoms with Gasteiger partial charge in [0.2, 0.25) is 0 Å². The molecule has 0 spiro atoms. The van der Waals surface area contributed by atoms with Gasteiger partial charge in [-0.2, -0.15) is 0 Å². The smallest absolute Gasteiger partial charge is 0.165 e. The van der Waals surface area contributed by atoms with Crippen LogP contribution < -0.4 is 14.8 Å². The molecular weight excluding hydrogens is 305 g/mol. The van der Waals surface area contributed by atoms with E-state index in [1.54, 1.807) is 14.2 Å². The molecule has 0 aliphatic carbocycles. The summed E-state index contributed by atoms with van der Waals surface area (Å²) in [5, 5.41) is 3.11. The van der Waals surface area contributed by atoms with Gasteiger partial charge >= 0.3 is 0 Å². The molecule has 0 amide bonds. The molecule has 0 atom stereocenters. The van der Waals surface area contributed by atoms with Crippen molar-refractivity contribution >= 4 is 28.3 Å². The van der Waals surface area contributed by atoms with E-state index in [2.05, 4.69) is 27.2 Å². The fourth-order valence-corrected chi connectivity index (χ4v) is 1.89. The molecule has 0 fully saturated rings. The van der Waals surface area contributed by atoms with E-state index in [-0.39, 0.29) is 12.4 Å². The zero-order valence-corrected chi connectivity index (χ0v) is 12.2. The number of halogens is 2. The number of methoxy groups -OCH3 is 2. The molecule has 0 saturated carbocycles. The van der Waals surface area contributed by atoms with Crippen LogP contribution in [-0.2, 0) is 6.54 Å². The average Bonchev–Trinajstić information content (AvgIpc) is 2.28. The van der Waals surface area contributed by atoms with Gasteiger partial charge in [-0.15, -0.1) is 18.8 Å². The van der Waals surface area contributed by atoms with Crippen molar-refractivity contribution in [3.63, 3.8) is 0 Å². The Kier molecular flexibility index (Phi) is 7.81. The van der Waals surface area contributed by atoms with Gasteiger partial charge in [0.1, 0.15) is 0 Å². The van der Waals surface area contributed by atoms with Crippen LogP contribution in [0.2, 0.25) is 0 Å². The lowest BCUT2D eigenvalue weighted by Crippen LogP contribution is -2.14. The lowest BCUT2D eigenvalue weighted by Gasteiger charge is -2.13. The Morgan fingerprint density at radius 3 is 2.59 bits per heavy atom. The summed E-state index contributed by atoms with van der Waals surface area (Å²) in [5.41, 5.74) is 1.00. The van der Waals surface area contributed by atoms with Crippen molar-refractivity contribution in [2.45, 2.75) is 6.54 Å². The van der Waals surface area contributed by atoms with Crippen LogP contribution in [0.1, 0.15) is 5.56 Å². The Morgan fingerprint density at radius 2 is 2.06 bits per heavy atom. The normalized spacial score (nSPS) is 9.06. The highest BCUT2D eigenvalue weighted by atomic mass is 79.9. The van der Waals surface area contributed by atoms with Gasteiger partial charge in [0.25, 0.3) is 0 Å². The van der Waals surface area contributed by atoms with Gasteiger partial charge in [-0.05, 0) is 12.1 Å². The predicted molar refractivity (Wildman–Crippen MR) is 75.0 cm³/mol. The standard InChI is InChI=1S/C12H14BrNO2.ClH/c1-4-5-14-8-9-6-10(13)7-11(15-2)12(9)16-3;/h1,6-7,14H,5,8H2,2-3H3;1H. The molecule has 0 heterocycles. The number of hydrogen-bond acceptors (Lipinski definition) is 3. The van der Waals surface area contributed by atoms with Crippen LogP contribution in [0.3, 0.4) is 0 Å². The summed E-state index contributed by atoms with van der Waals surface area (Å²) in [5.74, 6) is 3.96. The van der Waals surface area contributed by atoms with E-state index in [1.165, 1.54) is 0 Å². The van der Waals surface area contributed by atoms with Crippen LogP contribution >= 0.6 is 28.3 Å². The molecule has 0 aromatic heterocycles. The maximum atomic E-state index is 5.32. The molecule has 0 bridgehead atoms. The minimum atomic E-state index is 0. The molecule has 3 nitrogen and oxygen atoms in total. The Morgan fingerprint density at radius 1 is 1.35 bits per heavy atom. The molecule has 0 saturated heterocycles. The molecule has 0 unspecified atom stereocenters. The van der Waals surface area contributed by atoms with E-state index in [9.17, 15) is 0 Å². The summed E-state index contributed by atoms with van der Waals surface area (Å²) in [6.45, 7) is 1.17. The summed E-state index contributed by atoms with van der Waals surface area (Å²) >= 11 is 3.42. The van der Waals surface area contributed by atoms with Gasteiger partial charge in [0.15, 0.2) is 11.5 Å². The summed E-state index contributed by atoms with van der Waals surface area (Å²) in [6.07, 6.45) is 5.17. The zero-order chi connectivity index (χ0) is 12.0. The van der Waals surface area contributed by atoms with Crippen molar-refractivity contribution < 1.29 is 9.47 Å². The monoisotopic (exact) mass is 319 g/mol. The minimum absolute atomic E-state index is 0. The van der Waals surface area contributed by atoms with Crippen LogP contribution in [-0.4, -0.2) is 20.8 Å². The number of ether oxygens (including phenoxy) is 2. The van der Waals surface area contributed by atoms with Crippen LogP contribution in [0.25, 0.3) is 0 Å². The molecule has 0 aliphatic rings. The van der Waals surface area contributed by atoms with E-state index in [4.69, 9.17) is 15.9 Å². The fraction of sp³-hybridized carbons (Fsp3) is 0.333. The first-order valence-electron chi connectivity index (χ1n) is 4.77. The second-order valence-corrected chi connectivity index (χ2v) is 4.02. The molecule has 0 radical (unpaired) electrons. The third-order valence-corrected chi connectivity index (χ3v) is 2.52. The Hall–Kier alpha value is -0.890. The average molecular weight is 321 g/mol.